The number of Topliss-reactive ketones (excluding diaryl/α,β-unsaturated/α-hetero) is 1. The summed E-state index contributed by atoms with van der Waals surface area (Å²) in [4.78, 5) is 21.6. The lowest BCUT2D eigenvalue weighted by molar-refractivity contribution is -0.126. The summed E-state index contributed by atoms with van der Waals surface area (Å²) in [5.74, 6) is 1.04. The number of hydrogen-bond donors (Lipinski definition) is 1. The second-order valence-electron chi connectivity index (χ2n) is 7.48. The molecule has 2 rings (SSSR count). The quantitative estimate of drug-likeness (QED) is 0.564. The third kappa shape index (κ3) is 8.39. The van der Waals surface area contributed by atoms with Gasteiger partial charge in [0.15, 0.2) is 0 Å². The van der Waals surface area contributed by atoms with Crippen LogP contribution in [0.5, 0.6) is 0 Å². The lowest BCUT2D eigenvalue weighted by Crippen LogP contribution is -2.33. The van der Waals surface area contributed by atoms with Crippen molar-refractivity contribution in [2.75, 3.05) is 13.7 Å². The molecular formula is C20H37NO3. The third-order valence-corrected chi connectivity index (χ3v) is 5.25. The Hall–Kier alpha value is -0.740. The van der Waals surface area contributed by atoms with Crippen LogP contribution in [0.2, 0.25) is 0 Å². The summed E-state index contributed by atoms with van der Waals surface area (Å²) < 4.78 is 5.49. The van der Waals surface area contributed by atoms with Crippen molar-refractivity contribution in [3.63, 3.8) is 0 Å². The molecule has 0 radical (unpaired) electrons. The van der Waals surface area contributed by atoms with Gasteiger partial charge in [0.25, 0.3) is 0 Å². The summed E-state index contributed by atoms with van der Waals surface area (Å²) in [7, 11) is 2.01. The predicted octanol–water partition coefficient (Wildman–Crippen LogP) is 3.91. The van der Waals surface area contributed by atoms with Gasteiger partial charge in [-0.2, -0.15) is 0 Å². The zero-order valence-corrected chi connectivity index (χ0v) is 15.9. The molecule has 2 fully saturated rings. The first-order valence-corrected chi connectivity index (χ1v) is 9.84. The first kappa shape index (κ1) is 21.3. The van der Waals surface area contributed by atoms with E-state index in [1.807, 2.05) is 20.9 Å². The fourth-order valence-corrected chi connectivity index (χ4v) is 3.65. The van der Waals surface area contributed by atoms with Gasteiger partial charge < -0.3 is 14.8 Å². The minimum atomic E-state index is 0.219. The minimum absolute atomic E-state index is 0.219. The molecule has 0 heterocycles. The Balaban J connectivity index is 0.000000243. The molecule has 0 aromatic carbocycles. The monoisotopic (exact) mass is 339 g/mol. The van der Waals surface area contributed by atoms with E-state index in [0.717, 1.165) is 19.1 Å². The average molecular weight is 340 g/mol. The van der Waals surface area contributed by atoms with E-state index in [1.54, 1.807) is 0 Å². The third-order valence-electron chi connectivity index (χ3n) is 5.25. The summed E-state index contributed by atoms with van der Waals surface area (Å²) in [5, 5.41) is 3.28. The lowest BCUT2D eigenvalue weighted by atomic mass is 9.80. The predicted molar refractivity (Wildman–Crippen MR) is 98.2 cm³/mol. The second-order valence-corrected chi connectivity index (χ2v) is 7.48. The fourth-order valence-electron chi connectivity index (χ4n) is 3.65. The summed E-state index contributed by atoms with van der Waals surface area (Å²) in [5.41, 5.74) is 0. The standard InChI is InChI=1S/C11H21NO.C9H16O2/c1-8(2)11(13)9-4-6-10(12-3)7-5-9;10-7-4-8-11-9-5-2-1-3-6-9/h8-10,12H,4-7H2,1-3H3;7,9H,1-6,8H2. The molecule has 0 amide bonds. The molecule has 0 spiro atoms. The summed E-state index contributed by atoms with van der Waals surface area (Å²) >= 11 is 0. The zero-order chi connectivity index (χ0) is 17.8. The van der Waals surface area contributed by atoms with Gasteiger partial charge in [0.1, 0.15) is 12.1 Å². The topological polar surface area (TPSA) is 55.4 Å². The van der Waals surface area contributed by atoms with E-state index in [-0.39, 0.29) is 5.92 Å². The van der Waals surface area contributed by atoms with E-state index < -0.39 is 0 Å². The molecule has 140 valence electrons. The minimum Gasteiger partial charge on any atom is -0.378 e. The molecule has 2 aliphatic rings. The van der Waals surface area contributed by atoms with E-state index >= 15 is 0 Å². The number of ether oxygens (including phenoxy) is 1. The molecule has 4 nitrogen and oxygen atoms in total. The lowest BCUT2D eigenvalue weighted by Gasteiger charge is -2.28. The molecule has 0 aromatic rings. The van der Waals surface area contributed by atoms with E-state index in [1.165, 1.54) is 44.9 Å². The van der Waals surface area contributed by atoms with Crippen molar-refractivity contribution in [2.24, 2.45) is 11.8 Å². The summed E-state index contributed by atoms with van der Waals surface area (Å²) in [6.45, 7) is 4.63. The number of ketones is 1. The Morgan fingerprint density at radius 2 is 1.71 bits per heavy atom. The van der Waals surface area contributed by atoms with Gasteiger partial charge in [-0.15, -0.1) is 0 Å². The molecule has 0 unspecified atom stereocenters. The van der Waals surface area contributed by atoms with Crippen LogP contribution in [0.1, 0.15) is 78.1 Å². The van der Waals surface area contributed by atoms with Gasteiger partial charge >= 0.3 is 0 Å². The van der Waals surface area contributed by atoms with Crippen molar-refractivity contribution < 1.29 is 14.3 Å². The maximum Gasteiger partial charge on any atom is 0.138 e. The van der Waals surface area contributed by atoms with Crippen LogP contribution in [0.15, 0.2) is 0 Å². The molecule has 0 saturated heterocycles. The molecule has 0 aliphatic heterocycles. The maximum atomic E-state index is 11.7. The summed E-state index contributed by atoms with van der Waals surface area (Å²) in [6, 6.07) is 0.649. The Labute approximate surface area is 148 Å². The van der Waals surface area contributed by atoms with Crippen LogP contribution in [-0.2, 0) is 14.3 Å². The van der Waals surface area contributed by atoms with E-state index in [2.05, 4.69) is 5.32 Å². The van der Waals surface area contributed by atoms with Gasteiger partial charge in [0.2, 0.25) is 0 Å². The first-order chi connectivity index (χ1) is 11.6. The van der Waals surface area contributed by atoms with Crippen molar-refractivity contribution in [2.45, 2.75) is 90.2 Å². The SMILES string of the molecule is CNC1CCC(C(=O)C(C)C)CC1.O=CCCOC1CCCCC1. The van der Waals surface area contributed by atoms with Crippen LogP contribution in [-0.4, -0.2) is 37.9 Å². The molecule has 0 bridgehead atoms. The number of carbonyl (C=O) groups excluding carboxylic acids is 2. The van der Waals surface area contributed by atoms with Crippen molar-refractivity contribution in [1.82, 2.24) is 5.32 Å². The van der Waals surface area contributed by atoms with Crippen molar-refractivity contribution in [3.05, 3.63) is 0 Å². The second kappa shape index (κ2) is 12.6. The van der Waals surface area contributed by atoms with Crippen molar-refractivity contribution >= 4 is 12.1 Å². The Morgan fingerprint density at radius 1 is 1.08 bits per heavy atom. The van der Waals surface area contributed by atoms with Gasteiger partial charge in [-0.3, -0.25) is 4.79 Å². The highest BCUT2D eigenvalue weighted by atomic mass is 16.5. The molecule has 4 heteroatoms. The molecular weight excluding hydrogens is 302 g/mol. The first-order valence-electron chi connectivity index (χ1n) is 9.84. The fraction of sp³-hybridized carbons (Fsp3) is 0.900. The Morgan fingerprint density at radius 3 is 2.21 bits per heavy atom. The smallest absolute Gasteiger partial charge is 0.138 e. The van der Waals surface area contributed by atoms with Crippen LogP contribution in [0.4, 0.5) is 0 Å². The average Bonchev–Trinajstić information content (AvgIpc) is 2.63. The number of rotatable bonds is 7. The number of carbonyl (C=O) groups is 2. The van der Waals surface area contributed by atoms with Crippen molar-refractivity contribution in [1.29, 1.82) is 0 Å². The van der Waals surface area contributed by atoms with Gasteiger partial charge in [0.05, 0.1) is 12.7 Å². The van der Waals surface area contributed by atoms with Gasteiger partial charge in [0, 0.05) is 24.3 Å². The number of nitrogens with one attached hydrogen (secondary N) is 1. The normalized spacial score (nSPS) is 25.0. The largest absolute Gasteiger partial charge is 0.378 e. The molecule has 0 aromatic heterocycles. The molecule has 24 heavy (non-hydrogen) atoms. The number of hydrogen-bond acceptors (Lipinski definition) is 4. The van der Waals surface area contributed by atoms with Gasteiger partial charge in [-0.25, -0.2) is 0 Å². The summed E-state index contributed by atoms with van der Waals surface area (Å²) in [6.07, 6.45) is 12.8. The van der Waals surface area contributed by atoms with Crippen molar-refractivity contribution in [3.8, 4) is 0 Å². The van der Waals surface area contributed by atoms with E-state index in [4.69, 9.17) is 4.74 Å². The number of aldehydes is 1. The van der Waals surface area contributed by atoms with E-state index in [0.29, 0.717) is 36.9 Å². The van der Waals surface area contributed by atoms with Gasteiger partial charge in [-0.1, -0.05) is 33.1 Å². The Kier molecular flexibility index (Phi) is 11.2. The van der Waals surface area contributed by atoms with Crippen LogP contribution >= 0.6 is 0 Å². The highest BCUT2D eigenvalue weighted by Crippen LogP contribution is 2.26. The molecule has 2 saturated carbocycles. The molecule has 2 aliphatic carbocycles. The van der Waals surface area contributed by atoms with Crippen LogP contribution in [0, 0.1) is 11.8 Å². The van der Waals surface area contributed by atoms with Crippen LogP contribution in [0.25, 0.3) is 0 Å². The van der Waals surface area contributed by atoms with Crippen LogP contribution in [0.3, 0.4) is 0 Å². The van der Waals surface area contributed by atoms with Gasteiger partial charge in [-0.05, 0) is 45.6 Å². The molecule has 1 N–H and O–H groups in total. The maximum absolute atomic E-state index is 11.7. The zero-order valence-electron chi connectivity index (χ0n) is 15.9. The Bertz CT molecular complexity index is 343. The van der Waals surface area contributed by atoms with E-state index in [9.17, 15) is 9.59 Å². The molecule has 0 atom stereocenters. The highest BCUT2D eigenvalue weighted by molar-refractivity contribution is 5.82. The highest BCUT2D eigenvalue weighted by Gasteiger charge is 2.26. The van der Waals surface area contributed by atoms with Crippen LogP contribution < -0.4 is 5.32 Å².